The SMILES string of the molecule is CCOc1ccccc1/C=C(\NC(=O)c1ccccc1)C(=O)Nc1ccc(SCC(=O)Nc2ccc(OC)c(Cl)c2)cc1. The maximum atomic E-state index is 13.4. The van der Waals surface area contributed by atoms with E-state index >= 15 is 0 Å². The highest BCUT2D eigenvalue weighted by atomic mass is 35.5. The highest BCUT2D eigenvalue weighted by Crippen LogP contribution is 2.28. The van der Waals surface area contributed by atoms with Crippen molar-refractivity contribution in [3.8, 4) is 11.5 Å². The number of halogens is 1. The molecule has 0 aliphatic rings. The third kappa shape index (κ3) is 9.13. The van der Waals surface area contributed by atoms with E-state index < -0.39 is 11.8 Å². The summed E-state index contributed by atoms with van der Waals surface area (Å²) in [6.45, 7) is 2.32. The number of thioether (sulfide) groups is 1. The number of para-hydroxylation sites is 1. The molecule has 220 valence electrons. The van der Waals surface area contributed by atoms with Crippen molar-refractivity contribution in [1.29, 1.82) is 0 Å². The van der Waals surface area contributed by atoms with Crippen LogP contribution in [0.15, 0.2) is 108 Å². The fourth-order valence-electron chi connectivity index (χ4n) is 3.91. The summed E-state index contributed by atoms with van der Waals surface area (Å²) < 4.78 is 10.8. The molecule has 8 nitrogen and oxygen atoms in total. The molecule has 0 spiro atoms. The smallest absolute Gasteiger partial charge is 0.272 e. The summed E-state index contributed by atoms with van der Waals surface area (Å²) in [7, 11) is 1.52. The van der Waals surface area contributed by atoms with E-state index in [9.17, 15) is 14.4 Å². The van der Waals surface area contributed by atoms with E-state index in [1.165, 1.54) is 18.9 Å². The molecule has 0 aliphatic carbocycles. The first-order valence-electron chi connectivity index (χ1n) is 13.3. The second kappa shape index (κ2) is 15.5. The zero-order valence-electron chi connectivity index (χ0n) is 23.6. The molecule has 0 saturated heterocycles. The highest BCUT2D eigenvalue weighted by Gasteiger charge is 2.16. The van der Waals surface area contributed by atoms with Gasteiger partial charge in [0.15, 0.2) is 0 Å². The van der Waals surface area contributed by atoms with Gasteiger partial charge >= 0.3 is 0 Å². The molecule has 43 heavy (non-hydrogen) atoms. The number of amides is 3. The van der Waals surface area contributed by atoms with Gasteiger partial charge in [-0.25, -0.2) is 0 Å². The molecular formula is C33H30ClN3O5S. The third-order valence-electron chi connectivity index (χ3n) is 5.97. The van der Waals surface area contributed by atoms with Crippen LogP contribution in [0.25, 0.3) is 6.08 Å². The van der Waals surface area contributed by atoms with Crippen LogP contribution in [0, 0.1) is 0 Å². The summed E-state index contributed by atoms with van der Waals surface area (Å²) in [6, 6.07) is 28.0. The summed E-state index contributed by atoms with van der Waals surface area (Å²) in [6.07, 6.45) is 1.58. The topological polar surface area (TPSA) is 106 Å². The van der Waals surface area contributed by atoms with Crippen LogP contribution in [-0.4, -0.2) is 37.2 Å². The van der Waals surface area contributed by atoms with Gasteiger partial charge in [0.05, 0.1) is 24.5 Å². The third-order valence-corrected chi connectivity index (χ3v) is 7.27. The summed E-state index contributed by atoms with van der Waals surface area (Å²) in [4.78, 5) is 39.6. The van der Waals surface area contributed by atoms with Gasteiger partial charge in [0.25, 0.3) is 11.8 Å². The van der Waals surface area contributed by atoms with Gasteiger partial charge in [-0.3, -0.25) is 14.4 Å². The number of carbonyl (C=O) groups excluding carboxylic acids is 3. The first kappa shape index (κ1) is 31.2. The molecule has 0 bridgehead atoms. The molecule has 0 saturated carbocycles. The lowest BCUT2D eigenvalue weighted by Gasteiger charge is -2.13. The molecule has 4 aromatic rings. The minimum absolute atomic E-state index is 0.0507. The number of nitrogens with one attached hydrogen (secondary N) is 3. The molecule has 0 fully saturated rings. The summed E-state index contributed by atoms with van der Waals surface area (Å²) in [5.74, 6) is 0.168. The highest BCUT2D eigenvalue weighted by molar-refractivity contribution is 8.00. The number of benzene rings is 4. The van der Waals surface area contributed by atoms with Crippen LogP contribution >= 0.6 is 23.4 Å². The molecule has 0 heterocycles. The van der Waals surface area contributed by atoms with Crippen LogP contribution in [0.5, 0.6) is 11.5 Å². The second-order valence-corrected chi connectivity index (χ2v) is 10.5. The van der Waals surface area contributed by atoms with Gasteiger partial charge in [-0.15, -0.1) is 11.8 Å². The summed E-state index contributed by atoms with van der Waals surface area (Å²) in [5, 5.41) is 8.78. The Hall–Kier alpha value is -4.73. The Bertz CT molecular complexity index is 1610. The van der Waals surface area contributed by atoms with Crippen LogP contribution in [0.1, 0.15) is 22.8 Å². The minimum atomic E-state index is -0.506. The lowest BCUT2D eigenvalue weighted by molar-refractivity contribution is -0.114. The molecule has 0 atom stereocenters. The van der Waals surface area contributed by atoms with Crippen LogP contribution < -0.4 is 25.4 Å². The van der Waals surface area contributed by atoms with Gasteiger partial charge in [0.2, 0.25) is 5.91 Å². The van der Waals surface area contributed by atoms with Gasteiger partial charge in [-0.1, -0.05) is 48.0 Å². The number of hydrogen-bond acceptors (Lipinski definition) is 6. The van der Waals surface area contributed by atoms with Crippen molar-refractivity contribution in [1.82, 2.24) is 5.32 Å². The van der Waals surface area contributed by atoms with E-state index in [0.717, 1.165) is 4.90 Å². The lowest BCUT2D eigenvalue weighted by atomic mass is 10.1. The van der Waals surface area contributed by atoms with E-state index in [-0.39, 0.29) is 17.4 Å². The number of hydrogen-bond donors (Lipinski definition) is 3. The van der Waals surface area contributed by atoms with Crippen LogP contribution in [0.3, 0.4) is 0 Å². The first-order chi connectivity index (χ1) is 20.9. The number of anilines is 2. The largest absolute Gasteiger partial charge is 0.495 e. The second-order valence-electron chi connectivity index (χ2n) is 9.01. The Morgan fingerprint density at radius 3 is 2.23 bits per heavy atom. The maximum Gasteiger partial charge on any atom is 0.272 e. The zero-order valence-corrected chi connectivity index (χ0v) is 25.1. The van der Waals surface area contributed by atoms with E-state index in [0.29, 0.717) is 45.6 Å². The standard InChI is InChI=1S/C33H30ClN3O5S/c1-3-42-29-12-8-7-11-23(29)19-28(37-32(39)22-9-5-4-6-10-22)33(40)36-24-13-16-26(17-14-24)43-21-31(38)35-25-15-18-30(41-2)27(34)20-25/h4-20H,3,21H2,1-2H3,(H,35,38)(H,36,40)(H,37,39)/b28-19-. The van der Waals surface area contributed by atoms with E-state index in [1.807, 2.05) is 25.1 Å². The normalized spacial score (nSPS) is 10.9. The minimum Gasteiger partial charge on any atom is -0.495 e. The lowest BCUT2D eigenvalue weighted by Crippen LogP contribution is -2.30. The Morgan fingerprint density at radius 1 is 0.837 bits per heavy atom. The Kier molecular flexibility index (Phi) is 11.2. The van der Waals surface area contributed by atoms with Crippen molar-refractivity contribution in [2.75, 3.05) is 30.1 Å². The summed E-state index contributed by atoms with van der Waals surface area (Å²) >= 11 is 7.47. The molecule has 3 amide bonds. The first-order valence-corrected chi connectivity index (χ1v) is 14.7. The van der Waals surface area contributed by atoms with Crippen molar-refractivity contribution < 1.29 is 23.9 Å². The Morgan fingerprint density at radius 2 is 1.53 bits per heavy atom. The Labute approximate surface area is 259 Å². The zero-order chi connectivity index (χ0) is 30.6. The van der Waals surface area contributed by atoms with Crippen molar-refractivity contribution in [3.63, 3.8) is 0 Å². The maximum absolute atomic E-state index is 13.4. The molecule has 10 heteroatoms. The molecule has 4 aromatic carbocycles. The average Bonchev–Trinajstić information content (AvgIpc) is 3.02. The molecule has 0 aromatic heterocycles. The molecule has 4 rings (SSSR count). The number of rotatable bonds is 12. The van der Waals surface area contributed by atoms with Gasteiger partial charge in [0, 0.05) is 27.4 Å². The van der Waals surface area contributed by atoms with E-state index in [4.69, 9.17) is 21.1 Å². The van der Waals surface area contributed by atoms with E-state index in [1.54, 1.807) is 84.9 Å². The van der Waals surface area contributed by atoms with Crippen molar-refractivity contribution >= 4 is 58.5 Å². The molecular weight excluding hydrogens is 586 g/mol. The van der Waals surface area contributed by atoms with Gasteiger partial charge in [0.1, 0.15) is 17.2 Å². The molecule has 0 aliphatic heterocycles. The van der Waals surface area contributed by atoms with Gasteiger partial charge in [-0.2, -0.15) is 0 Å². The fraction of sp³-hybridized carbons (Fsp3) is 0.121. The number of carbonyl (C=O) groups is 3. The quantitative estimate of drug-likeness (QED) is 0.118. The predicted octanol–water partition coefficient (Wildman–Crippen LogP) is 6.89. The molecule has 0 radical (unpaired) electrons. The fourth-order valence-corrected chi connectivity index (χ4v) is 4.86. The molecule has 0 unspecified atom stereocenters. The van der Waals surface area contributed by atoms with Crippen molar-refractivity contribution in [2.24, 2.45) is 0 Å². The number of methoxy groups -OCH3 is 1. The average molecular weight is 616 g/mol. The van der Waals surface area contributed by atoms with Crippen LogP contribution in [0.4, 0.5) is 11.4 Å². The van der Waals surface area contributed by atoms with Gasteiger partial charge < -0.3 is 25.4 Å². The van der Waals surface area contributed by atoms with Crippen LogP contribution in [0.2, 0.25) is 5.02 Å². The van der Waals surface area contributed by atoms with Gasteiger partial charge in [-0.05, 0) is 73.7 Å². The number of ether oxygens (including phenoxy) is 2. The van der Waals surface area contributed by atoms with Crippen molar-refractivity contribution in [3.05, 3.63) is 119 Å². The summed E-state index contributed by atoms with van der Waals surface area (Å²) in [5.41, 5.74) is 2.20. The monoisotopic (exact) mass is 615 g/mol. The Balaban J connectivity index is 1.42. The predicted molar refractivity (Wildman–Crippen MR) is 172 cm³/mol. The molecule has 3 N–H and O–H groups in total. The van der Waals surface area contributed by atoms with E-state index in [2.05, 4.69) is 16.0 Å². The van der Waals surface area contributed by atoms with Crippen molar-refractivity contribution in [2.45, 2.75) is 11.8 Å². The van der Waals surface area contributed by atoms with Crippen LogP contribution in [-0.2, 0) is 9.59 Å².